The highest BCUT2D eigenvalue weighted by molar-refractivity contribution is 5.75. The average Bonchev–Trinajstić information content (AvgIpc) is 2.87. The lowest BCUT2D eigenvalue weighted by molar-refractivity contribution is -0.123. The second-order valence-electron chi connectivity index (χ2n) is 5.55. The summed E-state index contributed by atoms with van der Waals surface area (Å²) in [5.74, 6) is 0.893. The fourth-order valence-corrected chi connectivity index (χ4v) is 2.50. The summed E-state index contributed by atoms with van der Waals surface area (Å²) in [5.41, 5.74) is -0.433. The lowest BCUT2D eigenvalue weighted by atomic mass is 10.0. The van der Waals surface area contributed by atoms with Gasteiger partial charge in [-0.15, -0.1) is 0 Å². The highest BCUT2D eigenvalue weighted by atomic mass is 16.5. The summed E-state index contributed by atoms with van der Waals surface area (Å²) in [6, 6.07) is 0. The molecule has 1 N–H and O–H groups in total. The van der Waals surface area contributed by atoms with Crippen molar-refractivity contribution >= 4 is 5.91 Å². The molecule has 1 saturated carbocycles. The molecule has 1 amide bonds. The summed E-state index contributed by atoms with van der Waals surface area (Å²) in [7, 11) is 3.28. The first-order valence-corrected chi connectivity index (χ1v) is 6.90. The van der Waals surface area contributed by atoms with Crippen molar-refractivity contribution in [3.05, 3.63) is 0 Å². The molecule has 0 heterocycles. The summed E-state index contributed by atoms with van der Waals surface area (Å²) in [5, 5.41) is 2.94. The largest absolute Gasteiger partial charge is 0.382 e. The molecule has 0 spiro atoms. The Balaban J connectivity index is 2.18. The van der Waals surface area contributed by atoms with E-state index in [2.05, 4.69) is 5.32 Å². The van der Waals surface area contributed by atoms with Crippen LogP contribution in [0.5, 0.6) is 0 Å². The van der Waals surface area contributed by atoms with Crippen molar-refractivity contribution in [2.45, 2.75) is 51.0 Å². The number of ether oxygens (including phenoxy) is 2. The van der Waals surface area contributed by atoms with Crippen LogP contribution >= 0.6 is 0 Å². The van der Waals surface area contributed by atoms with Crippen LogP contribution in [0.3, 0.4) is 0 Å². The normalized spacial score (nSPS) is 19.7. The molecule has 4 heteroatoms. The maximum absolute atomic E-state index is 11.8. The zero-order valence-electron chi connectivity index (χ0n) is 12.0. The molecular formula is C14H27NO3. The maximum Gasteiger partial charge on any atom is 0.220 e. The van der Waals surface area contributed by atoms with E-state index in [1.807, 2.05) is 6.92 Å². The third kappa shape index (κ3) is 5.36. The molecular weight excluding hydrogens is 230 g/mol. The smallest absolute Gasteiger partial charge is 0.220 e. The van der Waals surface area contributed by atoms with Crippen LogP contribution in [0.15, 0.2) is 0 Å². The number of hydrogen-bond donors (Lipinski definition) is 1. The Morgan fingerprint density at radius 1 is 1.33 bits per heavy atom. The van der Waals surface area contributed by atoms with Gasteiger partial charge in [-0.05, 0) is 19.3 Å². The van der Waals surface area contributed by atoms with Gasteiger partial charge in [-0.25, -0.2) is 0 Å². The molecule has 0 aromatic carbocycles. The molecule has 18 heavy (non-hydrogen) atoms. The standard InChI is InChI=1S/C14H27NO3/c1-14(18-3,11-17-2)10-15-13(16)9-8-12-6-4-5-7-12/h12H,4-11H2,1-3H3,(H,15,16). The third-order valence-electron chi connectivity index (χ3n) is 3.86. The van der Waals surface area contributed by atoms with Gasteiger partial charge in [-0.1, -0.05) is 25.7 Å². The quantitative estimate of drug-likeness (QED) is 0.724. The van der Waals surface area contributed by atoms with Gasteiger partial charge >= 0.3 is 0 Å². The number of hydrogen-bond acceptors (Lipinski definition) is 3. The van der Waals surface area contributed by atoms with Gasteiger partial charge in [-0.3, -0.25) is 4.79 Å². The second kappa shape index (κ2) is 7.74. The lowest BCUT2D eigenvalue weighted by Crippen LogP contribution is -2.45. The molecule has 1 aliphatic rings. The van der Waals surface area contributed by atoms with Gasteiger partial charge in [0, 0.05) is 27.2 Å². The molecule has 4 nitrogen and oxygen atoms in total. The number of rotatable bonds is 8. The van der Waals surface area contributed by atoms with Crippen LogP contribution in [0.25, 0.3) is 0 Å². The van der Waals surface area contributed by atoms with Crippen molar-refractivity contribution in [3.8, 4) is 0 Å². The van der Waals surface area contributed by atoms with Crippen LogP contribution < -0.4 is 5.32 Å². The minimum Gasteiger partial charge on any atom is -0.382 e. The van der Waals surface area contributed by atoms with Crippen molar-refractivity contribution in [1.82, 2.24) is 5.32 Å². The topological polar surface area (TPSA) is 47.6 Å². The third-order valence-corrected chi connectivity index (χ3v) is 3.86. The molecule has 1 fully saturated rings. The maximum atomic E-state index is 11.8. The van der Waals surface area contributed by atoms with Crippen molar-refractivity contribution < 1.29 is 14.3 Å². The molecule has 1 aliphatic carbocycles. The van der Waals surface area contributed by atoms with Crippen molar-refractivity contribution in [1.29, 1.82) is 0 Å². The lowest BCUT2D eigenvalue weighted by Gasteiger charge is -2.27. The van der Waals surface area contributed by atoms with Gasteiger partial charge in [0.1, 0.15) is 5.60 Å². The van der Waals surface area contributed by atoms with E-state index in [9.17, 15) is 4.79 Å². The number of methoxy groups -OCH3 is 2. The van der Waals surface area contributed by atoms with E-state index in [1.54, 1.807) is 14.2 Å². The fraction of sp³-hybridized carbons (Fsp3) is 0.929. The summed E-state index contributed by atoms with van der Waals surface area (Å²) >= 11 is 0. The Morgan fingerprint density at radius 3 is 2.56 bits per heavy atom. The van der Waals surface area contributed by atoms with E-state index < -0.39 is 5.60 Å². The highest BCUT2D eigenvalue weighted by Gasteiger charge is 2.24. The van der Waals surface area contributed by atoms with E-state index >= 15 is 0 Å². The first-order valence-electron chi connectivity index (χ1n) is 6.90. The fourth-order valence-electron chi connectivity index (χ4n) is 2.50. The van der Waals surface area contributed by atoms with E-state index in [-0.39, 0.29) is 5.91 Å². The summed E-state index contributed by atoms with van der Waals surface area (Å²) < 4.78 is 10.5. The molecule has 1 unspecified atom stereocenters. The first-order chi connectivity index (χ1) is 8.59. The van der Waals surface area contributed by atoms with Crippen molar-refractivity contribution in [3.63, 3.8) is 0 Å². The zero-order valence-corrected chi connectivity index (χ0v) is 12.0. The van der Waals surface area contributed by atoms with Crippen LogP contribution in [-0.2, 0) is 14.3 Å². The SMILES string of the molecule is COCC(C)(CNC(=O)CCC1CCCC1)OC. The Morgan fingerprint density at radius 2 is 2.00 bits per heavy atom. The van der Waals surface area contributed by atoms with Gasteiger partial charge in [0.25, 0.3) is 0 Å². The molecule has 0 saturated heterocycles. The van der Waals surface area contributed by atoms with Crippen LogP contribution in [0.2, 0.25) is 0 Å². The predicted octanol–water partition coefficient (Wildman–Crippen LogP) is 2.12. The molecule has 0 aromatic rings. The van der Waals surface area contributed by atoms with Crippen molar-refractivity contribution in [2.24, 2.45) is 5.92 Å². The zero-order chi connectivity index (χ0) is 13.4. The summed E-state index contributed by atoms with van der Waals surface area (Å²) in [4.78, 5) is 11.8. The first kappa shape index (κ1) is 15.4. The van der Waals surface area contributed by atoms with Crippen LogP contribution in [-0.4, -0.2) is 38.9 Å². The predicted molar refractivity (Wildman–Crippen MR) is 71.5 cm³/mol. The van der Waals surface area contributed by atoms with Crippen LogP contribution in [0.4, 0.5) is 0 Å². The molecule has 0 bridgehead atoms. The molecule has 1 rings (SSSR count). The molecule has 0 aromatic heterocycles. The van der Waals surface area contributed by atoms with Crippen molar-refractivity contribution in [2.75, 3.05) is 27.4 Å². The van der Waals surface area contributed by atoms with E-state index in [0.717, 1.165) is 12.3 Å². The van der Waals surface area contributed by atoms with E-state index in [4.69, 9.17) is 9.47 Å². The number of amides is 1. The van der Waals surface area contributed by atoms with Crippen LogP contribution in [0, 0.1) is 5.92 Å². The Kier molecular flexibility index (Phi) is 6.65. The monoisotopic (exact) mass is 257 g/mol. The number of nitrogens with one attached hydrogen (secondary N) is 1. The Bertz CT molecular complexity index is 251. The second-order valence-corrected chi connectivity index (χ2v) is 5.55. The minimum atomic E-state index is -0.433. The highest BCUT2D eigenvalue weighted by Crippen LogP contribution is 2.28. The summed E-state index contributed by atoms with van der Waals surface area (Å²) in [6.07, 6.45) is 6.93. The Labute approximate surface area is 110 Å². The molecule has 0 radical (unpaired) electrons. The van der Waals surface area contributed by atoms with Gasteiger partial charge in [-0.2, -0.15) is 0 Å². The molecule has 0 aliphatic heterocycles. The number of carbonyl (C=O) groups excluding carboxylic acids is 1. The average molecular weight is 257 g/mol. The molecule has 106 valence electrons. The minimum absolute atomic E-state index is 0.126. The van der Waals surface area contributed by atoms with Gasteiger partial charge in [0.05, 0.1) is 6.61 Å². The molecule has 1 atom stereocenters. The van der Waals surface area contributed by atoms with Gasteiger partial charge in [0.2, 0.25) is 5.91 Å². The summed E-state index contributed by atoms with van der Waals surface area (Å²) in [6.45, 7) is 2.92. The van der Waals surface area contributed by atoms with E-state index in [0.29, 0.717) is 19.6 Å². The Hall–Kier alpha value is -0.610. The van der Waals surface area contributed by atoms with E-state index in [1.165, 1.54) is 25.7 Å². The van der Waals surface area contributed by atoms with Gasteiger partial charge in [0.15, 0.2) is 0 Å². The van der Waals surface area contributed by atoms with Gasteiger partial charge < -0.3 is 14.8 Å². The number of carbonyl (C=O) groups is 1. The van der Waals surface area contributed by atoms with Crippen LogP contribution in [0.1, 0.15) is 45.4 Å².